The monoisotopic (exact) mass is 344 g/mol. The lowest BCUT2D eigenvalue weighted by atomic mass is 10.2. The number of nitrogens with one attached hydrogen (secondary N) is 1. The standard InChI is InChI=1S/C18H24N4O3/c1-2-24-17-15(5-3-7-19-17)13-20-18(23)22-10-8-21(9-11-22)14-16-6-4-12-25-16/h3-7,12H,2,8-11,13-14H2,1H3,(H,20,23). The van der Waals surface area contributed by atoms with Crippen LogP contribution in [-0.2, 0) is 13.1 Å². The summed E-state index contributed by atoms with van der Waals surface area (Å²) < 4.78 is 10.9. The largest absolute Gasteiger partial charge is 0.478 e. The molecule has 7 nitrogen and oxygen atoms in total. The van der Waals surface area contributed by atoms with Gasteiger partial charge < -0.3 is 19.4 Å². The van der Waals surface area contributed by atoms with Crippen molar-refractivity contribution < 1.29 is 13.9 Å². The molecule has 1 saturated heterocycles. The third kappa shape index (κ3) is 4.73. The molecule has 1 N–H and O–H groups in total. The molecule has 134 valence electrons. The number of ether oxygens (including phenoxy) is 1. The van der Waals surface area contributed by atoms with Crippen LogP contribution in [0.4, 0.5) is 4.79 Å². The Kier molecular flexibility index (Phi) is 5.90. The van der Waals surface area contributed by atoms with Gasteiger partial charge in [-0.1, -0.05) is 6.07 Å². The predicted molar refractivity (Wildman–Crippen MR) is 93.2 cm³/mol. The Morgan fingerprint density at radius 3 is 2.84 bits per heavy atom. The highest BCUT2D eigenvalue weighted by Gasteiger charge is 2.21. The van der Waals surface area contributed by atoms with Crippen LogP contribution in [0.3, 0.4) is 0 Å². The van der Waals surface area contributed by atoms with Crippen LogP contribution in [0.25, 0.3) is 0 Å². The Labute approximate surface area is 147 Å². The quantitative estimate of drug-likeness (QED) is 0.869. The highest BCUT2D eigenvalue weighted by Crippen LogP contribution is 2.14. The molecule has 0 aliphatic carbocycles. The molecule has 0 spiro atoms. The fraction of sp³-hybridized carbons (Fsp3) is 0.444. The van der Waals surface area contributed by atoms with Crippen LogP contribution in [0, 0.1) is 0 Å². The van der Waals surface area contributed by atoms with E-state index in [0.29, 0.717) is 32.1 Å². The van der Waals surface area contributed by atoms with Crippen LogP contribution in [0.5, 0.6) is 5.88 Å². The smallest absolute Gasteiger partial charge is 0.317 e. The summed E-state index contributed by atoms with van der Waals surface area (Å²) in [6, 6.07) is 7.58. The molecular formula is C18H24N4O3. The number of amides is 2. The average Bonchev–Trinajstić information content (AvgIpc) is 3.15. The predicted octanol–water partition coefficient (Wildman–Crippen LogP) is 2.10. The second-order valence-electron chi connectivity index (χ2n) is 5.90. The minimum absolute atomic E-state index is 0.0519. The lowest BCUT2D eigenvalue weighted by Crippen LogP contribution is -2.51. The lowest BCUT2D eigenvalue weighted by Gasteiger charge is -2.34. The second kappa shape index (κ2) is 8.53. The molecule has 3 heterocycles. The number of rotatable bonds is 6. The van der Waals surface area contributed by atoms with Crippen molar-refractivity contribution in [3.63, 3.8) is 0 Å². The van der Waals surface area contributed by atoms with Crippen molar-refractivity contribution in [2.75, 3.05) is 32.8 Å². The molecule has 0 atom stereocenters. The molecule has 1 aliphatic heterocycles. The van der Waals surface area contributed by atoms with E-state index in [-0.39, 0.29) is 6.03 Å². The molecule has 3 rings (SSSR count). The Balaban J connectivity index is 1.45. The maximum atomic E-state index is 12.4. The van der Waals surface area contributed by atoms with Crippen LogP contribution >= 0.6 is 0 Å². The van der Waals surface area contributed by atoms with Gasteiger partial charge in [-0.25, -0.2) is 9.78 Å². The zero-order valence-corrected chi connectivity index (χ0v) is 14.5. The number of piperazine rings is 1. The molecule has 0 unspecified atom stereocenters. The molecule has 0 saturated carbocycles. The number of nitrogens with zero attached hydrogens (tertiary/aromatic N) is 3. The van der Waals surface area contributed by atoms with Gasteiger partial charge in [0.15, 0.2) is 0 Å². The normalized spacial score (nSPS) is 15.2. The van der Waals surface area contributed by atoms with E-state index in [1.165, 1.54) is 0 Å². The summed E-state index contributed by atoms with van der Waals surface area (Å²) in [7, 11) is 0. The van der Waals surface area contributed by atoms with Crippen LogP contribution in [0.1, 0.15) is 18.2 Å². The minimum Gasteiger partial charge on any atom is -0.478 e. The molecule has 2 aromatic heterocycles. The van der Waals surface area contributed by atoms with E-state index in [9.17, 15) is 4.79 Å². The molecule has 2 aromatic rings. The van der Waals surface area contributed by atoms with Crippen LogP contribution in [0.2, 0.25) is 0 Å². The number of aromatic nitrogens is 1. The Morgan fingerprint density at radius 2 is 2.12 bits per heavy atom. The number of carbonyl (C=O) groups is 1. The number of furan rings is 1. The van der Waals surface area contributed by atoms with Gasteiger partial charge in [0.05, 0.1) is 19.4 Å². The third-order valence-electron chi connectivity index (χ3n) is 4.18. The van der Waals surface area contributed by atoms with Crippen molar-refractivity contribution in [3.05, 3.63) is 48.0 Å². The fourth-order valence-corrected chi connectivity index (χ4v) is 2.84. The van der Waals surface area contributed by atoms with Crippen molar-refractivity contribution in [3.8, 4) is 5.88 Å². The van der Waals surface area contributed by atoms with Crippen molar-refractivity contribution in [2.24, 2.45) is 0 Å². The van der Waals surface area contributed by atoms with Crippen molar-refractivity contribution in [2.45, 2.75) is 20.0 Å². The summed E-state index contributed by atoms with van der Waals surface area (Å²) >= 11 is 0. The first-order valence-electron chi connectivity index (χ1n) is 8.60. The van der Waals surface area contributed by atoms with E-state index in [4.69, 9.17) is 9.15 Å². The summed E-state index contributed by atoms with van der Waals surface area (Å²) in [5.74, 6) is 1.53. The zero-order valence-electron chi connectivity index (χ0n) is 14.5. The topological polar surface area (TPSA) is 70.8 Å². The molecule has 2 amide bonds. The molecular weight excluding hydrogens is 320 g/mol. The summed E-state index contributed by atoms with van der Waals surface area (Å²) in [6.07, 6.45) is 3.38. The molecule has 7 heteroatoms. The Morgan fingerprint density at radius 1 is 1.28 bits per heavy atom. The van der Waals surface area contributed by atoms with Gasteiger partial charge in [0.25, 0.3) is 0 Å². The SMILES string of the molecule is CCOc1ncccc1CNC(=O)N1CCN(Cc2ccco2)CC1. The first-order valence-corrected chi connectivity index (χ1v) is 8.60. The maximum absolute atomic E-state index is 12.4. The first kappa shape index (κ1) is 17.3. The minimum atomic E-state index is -0.0519. The highest BCUT2D eigenvalue weighted by atomic mass is 16.5. The number of pyridine rings is 1. The van der Waals surface area contributed by atoms with E-state index in [0.717, 1.165) is 31.0 Å². The van der Waals surface area contributed by atoms with Gasteiger partial charge in [0.2, 0.25) is 5.88 Å². The summed E-state index contributed by atoms with van der Waals surface area (Å²) in [5.41, 5.74) is 0.883. The fourth-order valence-electron chi connectivity index (χ4n) is 2.84. The average molecular weight is 344 g/mol. The zero-order chi connectivity index (χ0) is 17.5. The molecule has 1 aliphatic rings. The van der Waals surface area contributed by atoms with Crippen LogP contribution in [0.15, 0.2) is 41.1 Å². The van der Waals surface area contributed by atoms with Crippen molar-refractivity contribution >= 4 is 6.03 Å². The van der Waals surface area contributed by atoms with E-state index >= 15 is 0 Å². The lowest BCUT2D eigenvalue weighted by molar-refractivity contribution is 0.130. The van der Waals surface area contributed by atoms with Crippen LogP contribution in [-0.4, -0.2) is 53.6 Å². The van der Waals surface area contributed by atoms with Crippen LogP contribution < -0.4 is 10.1 Å². The van der Waals surface area contributed by atoms with E-state index in [1.807, 2.05) is 36.1 Å². The number of urea groups is 1. The Bertz CT molecular complexity index is 667. The summed E-state index contributed by atoms with van der Waals surface area (Å²) in [6.45, 7) is 6.76. The number of hydrogen-bond donors (Lipinski definition) is 1. The van der Waals surface area contributed by atoms with E-state index in [1.54, 1.807) is 12.5 Å². The molecule has 0 aromatic carbocycles. The summed E-state index contributed by atoms with van der Waals surface area (Å²) in [4.78, 5) is 20.7. The van der Waals surface area contributed by atoms with Gasteiger partial charge in [-0.3, -0.25) is 4.90 Å². The van der Waals surface area contributed by atoms with Gasteiger partial charge in [0.1, 0.15) is 5.76 Å². The van der Waals surface area contributed by atoms with Gasteiger partial charge in [-0.15, -0.1) is 0 Å². The molecule has 0 bridgehead atoms. The second-order valence-corrected chi connectivity index (χ2v) is 5.90. The van der Waals surface area contributed by atoms with Gasteiger partial charge in [0, 0.05) is 44.5 Å². The van der Waals surface area contributed by atoms with Crippen molar-refractivity contribution in [1.82, 2.24) is 20.1 Å². The molecule has 25 heavy (non-hydrogen) atoms. The van der Waals surface area contributed by atoms with Gasteiger partial charge in [-0.2, -0.15) is 0 Å². The van der Waals surface area contributed by atoms with Crippen molar-refractivity contribution in [1.29, 1.82) is 0 Å². The van der Waals surface area contributed by atoms with E-state index < -0.39 is 0 Å². The maximum Gasteiger partial charge on any atom is 0.317 e. The van der Waals surface area contributed by atoms with E-state index in [2.05, 4.69) is 15.2 Å². The first-order chi connectivity index (χ1) is 12.3. The molecule has 1 fully saturated rings. The summed E-state index contributed by atoms with van der Waals surface area (Å²) in [5, 5.41) is 2.96. The van der Waals surface area contributed by atoms with Gasteiger partial charge in [-0.05, 0) is 25.1 Å². The molecule has 0 radical (unpaired) electrons. The Hall–Kier alpha value is -2.54. The number of hydrogen-bond acceptors (Lipinski definition) is 5. The third-order valence-corrected chi connectivity index (χ3v) is 4.18. The highest BCUT2D eigenvalue weighted by molar-refractivity contribution is 5.74. The van der Waals surface area contributed by atoms with Gasteiger partial charge >= 0.3 is 6.03 Å². The number of carbonyl (C=O) groups excluding carboxylic acids is 1.